The first-order chi connectivity index (χ1) is 9.24. The number of nitrogens with zero attached hydrogens (tertiary/aromatic N) is 2. The van der Waals surface area contributed by atoms with E-state index in [4.69, 9.17) is 0 Å². The van der Waals surface area contributed by atoms with E-state index in [0.29, 0.717) is 5.92 Å². The van der Waals surface area contributed by atoms with E-state index < -0.39 is 0 Å². The molecular formula is C16H25N3. The number of nitrogens with one attached hydrogen (secondary N) is 1. The van der Waals surface area contributed by atoms with Crippen LogP contribution in [0.1, 0.15) is 24.3 Å². The zero-order valence-corrected chi connectivity index (χ0v) is 12.1. The highest BCUT2D eigenvalue weighted by molar-refractivity contribution is 5.54. The molecule has 3 heteroatoms. The van der Waals surface area contributed by atoms with Crippen LogP contribution in [0.4, 0.5) is 5.69 Å². The molecule has 1 N–H and O–H groups in total. The fourth-order valence-electron chi connectivity index (χ4n) is 3.45. The van der Waals surface area contributed by atoms with Crippen LogP contribution < -0.4 is 5.32 Å². The van der Waals surface area contributed by atoms with Crippen LogP contribution in [0.15, 0.2) is 24.3 Å². The first-order valence-corrected chi connectivity index (χ1v) is 7.45. The van der Waals surface area contributed by atoms with Crippen LogP contribution in [0.25, 0.3) is 0 Å². The Balaban J connectivity index is 1.66. The number of hydrogen-bond donors (Lipinski definition) is 1. The normalized spacial score (nSPS) is 27.3. The third-order valence-electron chi connectivity index (χ3n) is 4.67. The summed E-state index contributed by atoms with van der Waals surface area (Å²) < 4.78 is 0. The number of rotatable bonds is 3. The van der Waals surface area contributed by atoms with Crippen molar-refractivity contribution in [2.75, 3.05) is 45.6 Å². The molecule has 0 saturated carbocycles. The van der Waals surface area contributed by atoms with Crippen molar-refractivity contribution in [1.82, 2.24) is 9.80 Å². The Kier molecular flexibility index (Phi) is 3.76. The Morgan fingerprint density at radius 2 is 2.11 bits per heavy atom. The summed E-state index contributed by atoms with van der Waals surface area (Å²) in [5, 5.41) is 3.52. The molecule has 3 nitrogen and oxygen atoms in total. The lowest BCUT2D eigenvalue weighted by Gasteiger charge is -2.30. The number of likely N-dealkylation sites (N-methyl/N-ethyl adjacent to an activating group) is 1. The van der Waals surface area contributed by atoms with E-state index >= 15 is 0 Å². The van der Waals surface area contributed by atoms with E-state index in [1.807, 2.05) is 0 Å². The lowest BCUT2D eigenvalue weighted by atomic mass is 9.90. The fraction of sp³-hybridized carbons (Fsp3) is 0.625. The van der Waals surface area contributed by atoms with Crippen LogP contribution in [0.5, 0.6) is 0 Å². The second-order valence-electron chi connectivity index (χ2n) is 6.17. The van der Waals surface area contributed by atoms with Crippen LogP contribution in [-0.2, 0) is 0 Å². The van der Waals surface area contributed by atoms with E-state index in [9.17, 15) is 0 Å². The van der Waals surface area contributed by atoms with Crippen LogP contribution in [-0.4, -0.2) is 56.1 Å². The van der Waals surface area contributed by atoms with Gasteiger partial charge in [-0.1, -0.05) is 18.2 Å². The Morgan fingerprint density at radius 3 is 2.89 bits per heavy atom. The van der Waals surface area contributed by atoms with Gasteiger partial charge in [-0.15, -0.1) is 0 Å². The van der Waals surface area contributed by atoms with Crippen molar-refractivity contribution in [3.63, 3.8) is 0 Å². The van der Waals surface area contributed by atoms with E-state index in [2.05, 4.69) is 53.5 Å². The van der Waals surface area contributed by atoms with Gasteiger partial charge < -0.3 is 15.1 Å². The minimum Gasteiger partial charge on any atom is -0.385 e. The maximum Gasteiger partial charge on any atom is 0.0376 e. The van der Waals surface area contributed by atoms with Crippen molar-refractivity contribution < 1.29 is 0 Å². The second-order valence-corrected chi connectivity index (χ2v) is 6.17. The molecule has 0 amide bonds. The van der Waals surface area contributed by atoms with Gasteiger partial charge in [0.1, 0.15) is 0 Å². The molecule has 19 heavy (non-hydrogen) atoms. The zero-order chi connectivity index (χ0) is 13.2. The molecule has 0 spiro atoms. The second kappa shape index (κ2) is 5.51. The molecule has 2 atom stereocenters. The standard InChI is InChI=1S/C16H25N3/c1-18(2)14-8-10-19(12-14)11-13-7-9-17-16-6-4-3-5-15(13)16/h3-6,13-14,17H,7-12H2,1-2H3. The summed E-state index contributed by atoms with van der Waals surface area (Å²) in [7, 11) is 4.40. The molecule has 2 aliphatic rings. The molecule has 104 valence electrons. The van der Waals surface area contributed by atoms with E-state index in [-0.39, 0.29) is 0 Å². The van der Waals surface area contributed by atoms with E-state index in [1.165, 1.54) is 43.7 Å². The van der Waals surface area contributed by atoms with E-state index in [0.717, 1.165) is 12.6 Å². The average molecular weight is 259 g/mol. The number of benzene rings is 1. The Labute approximate surface area is 116 Å². The van der Waals surface area contributed by atoms with Gasteiger partial charge in [-0.05, 0) is 45.1 Å². The topological polar surface area (TPSA) is 18.5 Å². The molecule has 0 radical (unpaired) electrons. The smallest absolute Gasteiger partial charge is 0.0376 e. The minimum absolute atomic E-state index is 0.707. The maximum atomic E-state index is 3.52. The molecule has 2 aliphatic heterocycles. The number of fused-ring (bicyclic) bond motifs is 1. The number of hydrogen-bond acceptors (Lipinski definition) is 3. The third kappa shape index (κ3) is 2.77. The molecule has 2 unspecified atom stereocenters. The van der Waals surface area contributed by atoms with Crippen molar-refractivity contribution in [2.45, 2.75) is 24.8 Å². The first kappa shape index (κ1) is 12.9. The lowest BCUT2D eigenvalue weighted by Crippen LogP contribution is -2.34. The van der Waals surface area contributed by atoms with Gasteiger partial charge in [0.2, 0.25) is 0 Å². The summed E-state index contributed by atoms with van der Waals surface area (Å²) in [4.78, 5) is 5.02. The molecule has 2 heterocycles. The van der Waals surface area contributed by atoms with Gasteiger partial charge in [-0.2, -0.15) is 0 Å². The monoisotopic (exact) mass is 259 g/mol. The highest BCUT2D eigenvalue weighted by Gasteiger charge is 2.28. The van der Waals surface area contributed by atoms with Gasteiger partial charge >= 0.3 is 0 Å². The van der Waals surface area contributed by atoms with Gasteiger partial charge in [0, 0.05) is 37.3 Å². The molecule has 1 fully saturated rings. The molecular weight excluding hydrogens is 234 g/mol. The Morgan fingerprint density at radius 1 is 1.26 bits per heavy atom. The number of para-hydroxylation sites is 1. The van der Waals surface area contributed by atoms with Crippen molar-refractivity contribution in [2.24, 2.45) is 0 Å². The predicted molar refractivity (Wildman–Crippen MR) is 80.8 cm³/mol. The van der Waals surface area contributed by atoms with Crippen LogP contribution >= 0.6 is 0 Å². The van der Waals surface area contributed by atoms with Gasteiger partial charge in [0.25, 0.3) is 0 Å². The summed E-state index contributed by atoms with van der Waals surface area (Å²) in [5.74, 6) is 0.707. The fourth-order valence-corrected chi connectivity index (χ4v) is 3.45. The van der Waals surface area contributed by atoms with Crippen molar-refractivity contribution in [3.8, 4) is 0 Å². The Bertz CT molecular complexity index is 430. The highest BCUT2D eigenvalue weighted by atomic mass is 15.2. The summed E-state index contributed by atoms with van der Waals surface area (Å²) in [6.45, 7) is 4.84. The predicted octanol–water partition coefficient (Wildman–Crippen LogP) is 2.22. The SMILES string of the molecule is CN(C)C1CCN(CC2CCNc3ccccc32)C1. The largest absolute Gasteiger partial charge is 0.385 e. The summed E-state index contributed by atoms with van der Waals surface area (Å²) in [6, 6.07) is 9.56. The highest BCUT2D eigenvalue weighted by Crippen LogP contribution is 2.32. The zero-order valence-electron chi connectivity index (χ0n) is 12.1. The molecule has 1 saturated heterocycles. The first-order valence-electron chi connectivity index (χ1n) is 7.45. The van der Waals surface area contributed by atoms with Gasteiger partial charge in [-0.25, -0.2) is 0 Å². The van der Waals surface area contributed by atoms with Crippen molar-refractivity contribution >= 4 is 5.69 Å². The molecule has 3 rings (SSSR count). The third-order valence-corrected chi connectivity index (χ3v) is 4.67. The Hall–Kier alpha value is -1.06. The molecule has 0 aromatic heterocycles. The summed E-state index contributed by atoms with van der Waals surface area (Å²) >= 11 is 0. The minimum atomic E-state index is 0.707. The van der Waals surface area contributed by atoms with Gasteiger partial charge in [-0.3, -0.25) is 0 Å². The summed E-state index contributed by atoms with van der Waals surface area (Å²) in [5.41, 5.74) is 2.86. The van der Waals surface area contributed by atoms with E-state index in [1.54, 1.807) is 0 Å². The van der Waals surface area contributed by atoms with Crippen LogP contribution in [0.2, 0.25) is 0 Å². The lowest BCUT2D eigenvalue weighted by molar-refractivity contribution is 0.257. The molecule has 0 bridgehead atoms. The quantitative estimate of drug-likeness (QED) is 0.898. The van der Waals surface area contributed by atoms with Gasteiger partial charge in [0.15, 0.2) is 0 Å². The molecule has 1 aromatic rings. The van der Waals surface area contributed by atoms with Crippen molar-refractivity contribution in [1.29, 1.82) is 0 Å². The maximum absolute atomic E-state index is 3.52. The molecule has 1 aromatic carbocycles. The summed E-state index contributed by atoms with van der Waals surface area (Å²) in [6.07, 6.45) is 2.58. The number of likely N-dealkylation sites (tertiary alicyclic amines) is 1. The molecule has 0 aliphatic carbocycles. The van der Waals surface area contributed by atoms with Crippen molar-refractivity contribution in [3.05, 3.63) is 29.8 Å². The van der Waals surface area contributed by atoms with Crippen LogP contribution in [0, 0.1) is 0 Å². The average Bonchev–Trinajstić information content (AvgIpc) is 2.88. The van der Waals surface area contributed by atoms with Gasteiger partial charge in [0.05, 0.1) is 0 Å². The van der Waals surface area contributed by atoms with Crippen LogP contribution in [0.3, 0.4) is 0 Å². The number of anilines is 1.